The number of amides is 2. The normalized spacial score (nSPS) is 25.2. The van der Waals surface area contributed by atoms with Gasteiger partial charge in [-0.2, -0.15) is 10.1 Å². The molecule has 8 heterocycles. The van der Waals surface area contributed by atoms with E-state index >= 15 is 8.78 Å². The number of hydrogen-bond acceptors (Lipinski definition) is 12. The molecule has 2 amide bonds. The molecule has 5 aromatic rings. The zero-order valence-corrected chi connectivity index (χ0v) is 36.0. The number of nitrogens with zero attached hydrogens (tertiary/aromatic N) is 8. The lowest BCUT2D eigenvalue weighted by molar-refractivity contribution is -0.134. The van der Waals surface area contributed by atoms with E-state index in [1.165, 1.54) is 4.57 Å². The second-order valence-electron chi connectivity index (χ2n) is 18.4. The van der Waals surface area contributed by atoms with Crippen LogP contribution in [0.3, 0.4) is 0 Å². The van der Waals surface area contributed by atoms with Crippen LogP contribution in [0.1, 0.15) is 63.0 Å². The summed E-state index contributed by atoms with van der Waals surface area (Å²) >= 11 is 6.72. The highest BCUT2D eigenvalue weighted by atomic mass is 35.5. The number of alkyl halides is 2. The van der Waals surface area contributed by atoms with Crippen molar-refractivity contribution in [1.82, 2.24) is 34.5 Å². The summed E-state index contributed by atoms with van der Waals surface area (Å²) < 4.78 is 39.3. The molecule has 6 aliphatic rings. The molecule has 1 aliphatic carbocycles. The van der Waals surface area contributed by atoms with Crippen LogP contribution < -0.4 is 36.0 Å². The van der Waals surface area contributed by atoms with Gasteiger partial charge in [0.1, 0.15) is 5.02 Å². The minimum absolute atomic E-state index is 0.102. The van der Waals surface area contributed by atoms with Crippen LogP contribution in [0.25, 0.3) is 21.8 Å². The number of imide groups is 1. The second kappa shape index (κ2) is 15.3. The number of piperidine rings is 2. The van der Waals surface area contributed by atoms with Crippen LogP contribution in [0.4, 0.5) is 37.6 Å². The standard InChI is InChI=1S/C45H50ClF2N11O4/c1-55-33-12-8-26(18-31(33)37-39(43(55)62)63-23-45(47,48)40(52-37)25-6-7-25)50-41-32(46)19-49-44(53-41)59-27-9-10-28(59)22-57(21-27)20-24-14-16-58(17-15-24)34-5-3-4-29-36(54-56(2)38(29)34)30-11-13-35(60)51-42(30)61/h3-5,8,12,18-19,24-25,27-28,30,40,52H,6-7,9-11,13-17,20-23H2,1-2H3,(H,49,50,53)(H,51,60,61)/t27?,28?,30?,40-/m0/s1. The molecule has 15 nitrogen and oxygen atoms in total. The second-order valence-corrected chi connectivity index (χ2v) is 18.8. The maximum atomic E-state index is 15.2. The van der Waals surface area contributed by atoms with Crippen molar-refractivity contribution in [3.05, 3.63) is 63.7 Å². The molecule has 5 fully saturated rings. The average Bonchev–Trinajstić information content (AvgIpc) is 4.02. The van der Waals surface area contributed by atoms with E-state index in [9.17, 15) is 14.4 Å². The number of benzene rings is 2. The van der Waals surface area contributed by atoms with Crippen LogP contribution >= 0.6 is 11.6 Å². The largest absolute Gasteiger partial charge is 0.480 e. The molecule has 1 saturated carbocycles. The smallest absolute Gasteiger partial charge is 0.301 e. The highest BCUT2D eigenvalue weighted by Gasteiger charge is 2.51. The predicted octanol–water partition coefficient (Wildman–Crippen LogP) is 5.92. The number of carbonyl (C=O) groups excluding carboxylic acids is 2. The van der Waals surface area contributed by atoms with Crippen molar-refractivity contribution in [2.24, 2.45) is 25.9 Å². The molecule has 0 radical (unpaired) electrons. The van der Waals surface area contributed by atoms with Crippen LogP contribution in [-0.2, 0) is 23.7 Å². The van der Waals surface area contributed by atoms with Gasteiger partial charge in [-0.05, 0) is 81.0 Å². The van der Waals surface area contributed by atoms with Gasteiger partial charge in [-0.25, -0.2) is 13.8 Å². The van der Waals surface area contributed by atoms with Crippen molar-refractivity contribution in [1.29, 1.82) is 0 Å². The number of halogens is 3. The molecule has 330 valence electrons. The monoisotopic (exact) mass is 881 g/mol. The number of carbonyl (C=O) groups is 2. The van der Waals surface area contributed by atoms with Crippen molar-refractivity contribution in [2.75, 3.05) is 59.8 Å². The van der Waals surface area contributed by atoms with Gasteiger partial charge in [0.15, 0.2) is 12.4 Å². The third kappa shape index (κ3) is 7.11. The molecule has 3 N–H and O–H groups in total. The zero-order chi connectivity index (χ0) is 43.3. The minimum atomic E-state index is -3.13. The third-order valence-electron chi connectivity index (χ3n) is 14.3. The number of pyridine rings is 1. The van der Waals surface area contributed by atoms with E-state index in [-0.39, 0.29) is 41.3 Å². The Balaban J connectivity index is 0.761. The SMILES string of the molecule is Cn1nc(C2CCC(=O)NC2=O)c2cccc(N3CCC(CN4CC5CCC(C4)N5c4ncc(Cl)c(Nc5ccc6c(c5)c5c(c(=O)n6C)OCC(F)(F)[C@H](C6CC6)N5)n4)CC3)c21. The first kappa shape index (κ1) is 40.2. The number of ether oxygens (including phenoxy) is 1. The number of aromatic nitrogens is 5. The molecule has 4 atom stereocenters. The summed E-state index contributed by atoms with van der Waals surface area (Å²) in [5.41, 5.74) is 3.91. The van der Waals surface area contributed by atoms with Crippen molar-refractivity contribution >= 4 is 74.0 Å². The van der Waals surface area contributed by atoms with Crippen LogP contribution in [0.5, 0.6) is 5.75 Å². The summed E-state index contributed by atoms with van der Waals surface area (Å²) in [4.78, 5) is 55.0. The zero-order valence-electron chi connectivity index (χ0n) is 35.2. The molecular formula is C45H50ClF2N11O4. The van der Waals surface area contributed by atoms with Gasteiger partial charge < -0.3 is 29.7 Å². The Morgan fingerprint density at radius 2 is 1.75 bits per heavy atom. The van der Waals surface area contributed by atoms with Crippen molar-refractivity contribution in [3.8, 4) is 5.75 Å². The molecular weight excluding hydrogens is 832 g/mol. The van der Waals surface area contributed by atoms with Crippen molar-refractivity contribution in [2.45, 2.75) is 81.3 Å². The Morgan fingerprint density at radius 3 is 2.49 bits per heavy atom. The summed E-state index contributed by atoms with van der Waals surface area (Å²) in [5, 5.41) is 15.6. The summed E-state index contributed by atoms with van der Waals surface area (Å²) in [5.74, 6) is -2.73. The topological polar surface area (TPSA) is 155 Å². The van der Waals surface area contributed by atoms with Gasteiger partial charge in [0, 0.05) is 81.8 Å². The number of anilines is 5. The Labute approximate surface area is 367 Å². The number of hydrogen-bond donors (Lipinski definition) is 3. The summed E-state index contributed by atoms with van der Waals surface area (Å²) in [6.45, 7) is 3.90. The van der Waals surface area contributed by atoms with E-state index in [2.05, 4.69) is 36.7 Å². The number of aryl methyl sites for hydroxylation is 2. The highest BCUT2D eigenvalue weighted by molar-refractivity contribution is 6.33. The van der Waals surface area contributed by atoms with Crippen LogP contribution in [0.2, 0.25) is 5.02 Å². The minimum Gasteiger partial charge on any atom is -0.480 e. The summed E-state index contributed by atoms with van der Waals surface area (Å²) in [6.07, 6.45) is 8.07. The van der Waals surface area contributed by atoms with E-state index < -0.39 is 30.0 Å². The van der Waals surface area contributed by atoms with Gasteiger partial charge in [-0.1, -0.05) is 23.7 Å². The fraction of sp³-hybridized carbons (Fsp3) is 0.511. The molecule has 63 heavy (non-hydrogen) atoms. The molecule has 3 unspecified atom stereocenters. The Hall–Kier alpha value is -5.55. The van der Waals surface area contributed by atoms with Gasteiger partial charge in [0.2, 0.25) is 23.5 Å². The lowest BCUT2D eigenvalue weighted by Crippen LogP contribution is -2.55. The average molecular weight is 882 g/mol. The van der Waals surface area contributed by atoms with E-state index in [0.29, 0.717) is 65.0 Å². The van der Waals surface area contributed by atoms with Crippen LogP contribution in [-0.4, -0.2) is 104 Å². The number of nitrogens with one attached hydrogen (secondary N) is 3. The molecule has 5 aliphatic heterocycles. The number of likely N-dealkylation sites (tertiary alicyclic amines) is 1. The van der Waals surface area contributed by atoms with Crippen LogP contribution in [0, 0.1) is 11.8 Å². The number of rotatable bonds is 8. The van der Waals surface area contributed by atoms with Crippen molar-refractivity contribution < 1.29 is 23.1 Å². The molecule has 2 aromatic carbocycles. The van der Waals surface area contributed by atoms with Gasteiger partial charge >= 0.3 is 5.92 Å². The molecule has 4 saturated heterocycles. The number of para-hydroxylation sites is 1. The lowest BCUT2D eigenvalue weighted by Gasteiger charge is -2.43. The molecule has 0 spiro atoms. The first-order valence-corrected chi connectivity index (χ1v) is 22.6. The first-order chi connectivity index (χ1) is 30.4. The molecule has 3 aromatic heterocycles. The maximum absolute atomic E-state index is 15.2. The van der Waals surface area contributed by atoms with Gasteiger partial charge in [-0.3, -0.25) is 29.3 Å². The van der Waals surface area contributed by atoms with Gasteiger partial charge in [0.25, 0.3) is 5.56 Å². The van der Waals surface area contributed by atoms with E-state index in [1.807, 2.05) is 36.0 Å². The predicted molar refractivity (Wildman–Crippen MR) is 237 cm³/mol. The fourth-order valence-electron chi connectivity index (χ4n) is 11.0. The Bertz CT molecular complexity index is 2720. The van der Waals surface area contributed by atoms with E-state index in [1.54, 1.807) is 19.3 Å². The van der Waals surface area contributed by atoms with Gasteiger partial charge in [-0.15, -0.1) is 0 Å². The number of fused-ring (bicyclic) bond motifs is 6. The number of piperazine rings is 1. The van der Waals surface area contributed by atoms with Gasteiger partial charge in [0.05, 0.1) is 46.3 Å². The summed E-state index contributed by atoms with van der Waals surface area (Å²) in [6, 6.07) is 11.1. The fourth-order valence-corrected chi connectivity index (χ4v) is 11.1. The van der Waals surface area contributed by atoms with E-state index in [4.69, 9.17) is 31.4 Å². The quantitative estimate of drug-likeness (QED) is 0.159. The third-order valence-corrected chi connectivity index (χ3v) is 14.6. The lowest BCUT2D eigenvalue weighted by atomic mass is 9.92. The maximum Gasteiger partial charge on any atom is 0.301 e. The first-order valence-electron chi connectivity index (χ1n) is 22.2. The Kier molecular flexibility index (Phi) is 9.78. The highest BCUT2D eigenvalue weighted by Crippen LogP contribution is 2.46. The molecule has 11 rings (SSSR count). The molecule has 18 heteroatoms. The Morgan fingerprint density at radius 1 is 0.968 bits per heavy atom. The summed E-state index contributed by atoms with van der Waals surface area (Å²) in [7, 11) is 3.55. The van der Waals surface area contributed by atoms with Crippen molar-refractivity contribution in [3.63, 3.8) is 0 Å². The van der Waals surface area contributed by atoms with E-state index in [0.717, 1.165) is 80.7 Å². The molecule has 2 bridgehead atoms. The van der Waals surface area contributed by atoms with Crippen LogP contribution in [0.15, 0.2) is 47.4 Å².